The molecule has 0 radical (unpaired) electrons. The van der Waals surface area contributed by atoms with Gasteiger partial charge in [-0.05, 0) is 69.8 Å². The summed E-state index contributed by atoms with van der Waals surface area (Å²) in [4.78, 5) is 5.39. The summed E-state index contributed by atoms with van der Waals surface area (Å²) in [5, 5.41) is 8.51. The van der Waals surface area contributed by atoms with E-state index in [1.165, 1.54) is 31.3 Å². The number of hydrogen-bond acceptors (Lipinski definition) is 4. The number of thiophene rings is 1. The van der Waals surface area contributed by atoms with Crippen LogP contribution in [0.2, 0.25) is 0 Å². The van der Waals surface area contributed by atoms with E-state index >= 15 is 0 Å². The Labute approximate surface area is 293 Å². The van der Waals surface area contributed by atoms with Gasteiger partial charge in [-0.25, -0.2) is 0 Å². The molecule has 9 aromatic rings. The Kier molecular flexibility index (Phi) is 6.74. The van der Waals surface area contributed by atoms with Crippen molar-refractivity contribution in [3.63, 3.8) is 0 Å². The maximum absolute atomic E-state index is 6.55. The minimum atomic E-state index is -0.251. The average molecular weight is 659 g/mol. The predicted octanol–water partition coefficient (Wildman–Crippen LogP) is 12.4. The summed E-state index contributed by atoms with van der Waals surface area (Å²) < 4.78 is 9.12. The standard InChI is InChI=1S/C46H30N2OS/c1-3-10-29(11-4-1)30-18-20-31(21-19-30)33-22-25-38-42(26-33)49-41-16-9-15-37(45(38)41)40-28-39(32-12-5-2-6-13-32)47-46(48-40)34-23-24-36-35-14-7-8-17-43(35)50-44(36)27-34/h1-28,46-47H. The highest BCUT2D eigenvalue weighted by Crippen LogP contribution is 2.39. The van der Waals surface area contributed by atoms with Crippen molar-refractivity contribution in [3.8, 4) is 22.3 Å². The Hall–Kier alpha value is -6.23. The molecule has 4 heteroatoms. The number of rotatable bonds is 5. The lowest BCUT2D eigenvalue weighted by Crippen LogP contribution is -2.24. The highest BCUT2D eigenvalue weighted by atomic mass is 32.1. The number of allylic oxidation sites excluding steroid dienone is 1. The molecule has 1 N–H and O–H groups in total. The van der Waals surface area contributed by atoms with Crippen molar-refractivity contribution in [1.29, 1.82) is 0 Å². The van der Waals surface area contributed by atoms with E-state index in [-0.39, 0.29) is 6.17 Å². The quantitative estimate of drug-likeness (QED) is 0.200. The van der Waals surface area contributed by atoms with Crippen molar-refractivity contribution in [2.24, 2.45) is 4.99 Å². The van der Waals surface area contributed by atoms with Crippen LogP contribution in [0.3, 0.4) is 0 Å². The molecule has 10 rings (SSSR count). The molecule has 3 nitrogen and oxygen atoms in total. The van der Waals surface area contributed by atoms with Gasteiger partial charge in [-0.15, -0.1) is 11.3 Å². The molecule has 236 valence electrons. The first-order valence-corrected chi connectivity index (χ1v) is 17.7. The van der Waals surface area contributed by atoms with Crippen molar-refractivity contribution in [3.05, 3.63) is 187 Å². The van der Waals surface area contributed by atoms with Crippen LogP contribution in [0, 0.1) is 0 Å². The number of nitrogens with zero attached hydrogens (tertiary/aromatic N) is 1. The second-order valence-electron chi connectivity index (χ2n) is 12.8. The van der Waals surface area contributed by atoms with E-state index in [4.69, 9.17) is 9.41 Å². The van der Waals surface area contributed by atoms with Crippen LogP contribution in [0.25, 0.3) is 70.1 Å². The smallest absolute Gasteiger partial charge is 0.145 e. The Morgan fingerprint density at radius 1 is 0.500 bits per heavy atom. The maximum atomic E-state index is 6.55. The molecule has 3 heterocycles. The molecular weight excluding hydrogens is 629 g/mol. The maximum Gasteiger partial charge on any atom is 0.145 e. The largest absolute Gasteiger partial charge is 0.456 e. The zero-order chi connectivity index (χ0) is 33.0. The summed E-state index contributed by atoms with van der Waals surface area (Å²) >= 11 is 1.83. The van der Waals surface area contributed by atoms with Gasteiger partial charge in [0.25, 0.3) is 0 Å². The lowest BCUT2D eigenvalue weighted by Gasteiger charge is -2.25. The van der Waals surface area contributed by atoms with Crippen molar-refractivity contribution in [2.45, 2.75) is 6.17 Å². The van der Waals surface area contributed by atoms with Gasteiger partial charge in [0, 0.05) is 42.2 Å². The minimum absolute atomic E-state index is 0.251. The molecule has 0 aliphatic carbocycles. The molecule has 0 amide bonds. The molecule has 1 aliphatic rings. The Bertz CT molecular complexity index is 2770. The summed E-state index contributed by atoms with van der Waals surface area (Å²) in [5.74, 6) is 0. The lowest BCUT2D eigenvalue weighted by atomic mass is 9.96. The van der Waals surface area contributed by atoms with Crippen LogP contribution in [0.15, 0.2) is 179 Å². The monoisotopic (exact) mass is 658 g/mol. The molecule has 1 unspecified atom stereocenters. The van der Waals surface area contributed by atoms with Crippen LogP contribution in [0.5, 0.6) is 0 Å². The fourth-order valence-electron chi connectivity index (χ4n) is 7.24. The molecule has 0 saturated heterocycles. The SMILES string of the molecule is C1=C(c2ccccc2)NC(c2ccc3c(c2)sc2ccccc23)N=C1c1cccc2oc3cc(-c4ccc(-c5ccccc5)cc4)ccc3c12. The summed E-state index contributed by atoms with van der Waals surface area (Å²) in [7, 11) is 0. The van der Waals surface area contributed by atoms with E-state index in [0.717, 1.165) is 61.2 Å². The molecule has 0 spiro atoms. The zero-order valence-corrected chi connectivity index (χ0v) is 27.8. The summed E-state index contributed by atoms with van der Waals surface area (Å²) in [6.07, 6.45) is 1.93. The van der Waals surface area contributed by atoms with Gasteiger partial charge in [-0.2, -0.15) is 0 Å². The van der Waals surface area contributed by atoms with Crippen molar-refractivity contribution in [1.82, 2.24) is 5.32 Å². The van der Waals surface area contributed by atoms with Gasteiger partial charge in [-0.1, -0.05) is 133 Å². The second kappa shape index (κ2) is 11.7. The van der Waals surface area contributed by atoms with Gasteiger partial charge in [0.2, 0.25) is 0 Å². The second-order valence-corrected chi connectivity index (χ2v) is 13.9. The van der Waals surface area contributed by atoms with Crippen molar-refractivity contribution < 1.29 is 4.42 Å². The third-order valence-electron chi connectivity index (χ3n) is 9.74. The van der Waals surface area contributed by atoms with E-state index in [1.807, 2.05) is 17.4 Å². The first kappa shape index (κ1) is 28.8. The Balaban J connectivity index is 1.08. The minimum Gasteiger partial charge on any atom is -0.456 e. The van der Waals surface area contributed by atoms with Gasteiger partial charge in [0.1, 0.15) is 17.3 Å². The zero-order valence-electron chi connectivity index (χ0n) is 27.0. The third kappa shape index (κ3) is 4.92. The normalized spacial score (nSPS) is 14.6. The van der Waals surface area contributed by atoms with Gasteiger partial charge < -0.3 is 9.73 Å². The number of fused-ring (bicyclic) bond motifs is 6. The molecule has 1 atom stereocenters. The number of hydrogen-bond donors (Lipinski definition) is 1. The van der Waals surface area contributed by atoms with Crippen LogP contribution in [0.1, 0.15) is 22.9 Å². The van der Waals surface area contributed by atoms with Crippen LogP contribution in [-0.4, -0.2) is 5.71 Å². The molecule has 7 aromatic carbocycles. The topological polar surface area (TPSA) is 37.5 Å². The first-order valence-electron chi connectivity index (χ1n) is 16.9. The van der Waals surface area contributed by atoms with Crippen LogP contribution >= 0.6 is 11.3 Å². The summed E-state index contributed by atoms with van der Waals surface area (Å²) in [6.45, 7) is 0. The number of aliphatic imine (C=N–C) groups is 1. The van der Waals surface area contributed by atoms with Crippen molar-refractivity contribution in [2.75, 3.05) is 0 Å². The summed E-state index contributed by atoms with van der Waals surface area (Å²) in [6, 6.07) is 58.0. The van der Waals surface area contributed by atoms with Gasteiger partial charge >= 0.3 is 0 Å². The van der Waals surface area contributed by atoms with E-state index in [2.05, 4.69) is 169 Å². The third-order valence-corrected chi connectivity index (χ3v) is 10.9. The Morgan fingerprint density at radius 3 is 1.98 bits per heavy atom. The van der Waals surface area contributed by atoms with Gasteiger partial charge in [0.05, 0.1) is 5.71 Å². The molecule has 0 fully saturated rings. The highest BCUT2D eigenvalue weighted by molar-refractivity contribution is 7.25. The molecule has 50 heavy (non-hydrogen) atoms. The van der Waals surface area contributed by atoms with E-state index < -0.39 is 0 Å². The lowest BCUT2D eigenvalue weighted by molar-refractivity contribution is 0.664. The van der Waals surface area contributed by atoms with Gasteiger partial charge in [0.15, 0.2) is 0 Å². The van der Waals surface area contributed by atoms with Crippen LogP contribution < -0.4 is 5.32 Å². The first-order chi connectivity index (χ1) is 24.7. The molecular formula is C46H30N2OS. The van der Waals surface area contributed by atoms with E-state index in [0.29, 0.717) is 0 Å². The van der Waals surface area contributed by atoms with E-state index in [1.54, 1.807) is 0 Å². The number of furan rings is 1. The average Bonchev–Trinajstić information content (AvgIpc) is 3.76. The number of nitrogens with one attached hydrogen (secondary N) is 1. The molecule has 2 aromatic heterocycles. The number of benzene rings is 7. The predicted molar refractivity (Wildman–Crippen MR) is 211 cm³/mol. The highest BCUT2D eigenvalue weighted by Gasteiger charge is 2.23. The fraction of sp³-hybridized carbons (Fsp3) is 0.0217. The van der Waals surface area contributed by atoms with E-state index in [9.17, 15) is 0 Å². The fourth-order valence-corrected chi connectivity index (χ4v) is 8.40. The molecule has 1 aliphatic heterocycles. The van der Waals surface area contributed by atoms with Crippen LogP contribution in [-0.2, 0) is 0 Å². The summed E-state index contributed by atoms with van der Waals surface area (Å²) in [5.41, 5.74) is 11.7. The molecule has 0 saturated carbocycles. The van der Waals surface area contributed by atoms with Crippen LogP contribution in [0.4, 0.5) is 0 Å². The Morgan fingerprint density at radius 2 is 1.16 bits per heavy atom. The van der Waals surface area contributed by atoms with Crippen molar-refractivity contribution >= 4 is 64.9 Å². The van der Waals surface area contributed by atoms with Gasteiger partial charge in [-0.3, -0.25) is 4.99 Å². The molecule has 0 bridgehead atoms.